The van der Waals surface area contributed by atoms with Crippen molar-refractivity contribution in [3.63, 3.8) is 0 Å². The van der Waals surface area contributed by atoms with E-state index in [4.69, 9.17) is 4.74 Å². The zero-order valence-corrected chi connectivity index (χ0v) is 26.1. The Labute approximate surface area is 271 Å². The Morgan fingerprint density at radius 3 is 1.53 bits per heavy atom. The number of rotatable bonds is 1. The maximum atomic E-state index is 11.5. The monoisotopic (exact) mass is 606 g/mol. The first-order valence-corrected chi connectivity index (χ1v) is 16.3. The molecule has 0 saturated carbocycles. The molecule has 1 heterocycles. The fraction of sp³-hybridized carbons (Fsp3) is 0.0909. The molecule has 224 valence electrons. The largest absolute Gasteiger partial charge is 0.507 e. The SMILES string of the molecule is CCc1c(O)c2ccccc2c2c3c(ccc12)C1(c2ccccc2-c2ccccc21)c1ccc2c(C)c(O)c4ccccc4c2c1O3. The van der Waals surface area contributed by atoms with E-state index in [0.29, 0.717) is 17.9 Å². The first-order chi connectivity index (χ1) is 23.1. The van der Waals surface area contributed by atoms with Gasteiger partial charge in [-0.05, 0) is 62.7 Å². The van der Waals surface area contributed by atoms with Crippen LogP contribution in [0.25, 0.3) is 54.2 Å². The first-order valence-electron chi connectivity index (χ1n) is 16.3. The van der Waals surface area contributed by atoms with E-state index in [2.05, 4.69) is 91.9 Å². The fourth-order valence-electron chi connectivity index (χ4n) is 8.92. The lowest BCUT2D eigenvalue weighted by molar-refractivity contribution is 0.447. The first kappa shape index (κ1) is 26.4. The van der Waals surface area contributed by atoms with Crippen molar-refractivity contribution < 1.29 is 14.9 Å². The molecule has 1 spiro atoms. The number of hydrogen-bond donors (Lipinski definition) is 2. The molecule has 0 fully saturated rings. The van der Waals surface area contributed by atoms with Crippen LogP contribution in [0, 0.1) is 6.92 Å². The van der Waals surface area contributed by atoms with Crippen LogP contribution in [0.1, 0.15) is 40.3 Å². The van der Waals surface area contributed by atoms with Crippen molar-refractivity contribution in [3.05, 3.63) is 155 Å². The molecule has 0 amide bonds. The maximum Gasteiger partial charge on any atom is 0.140 e. The van der Waals surface area contributed by atoms with Crippen LogP contribution in [-0.2, 0) is 11.8 Å². The molecule has 0 aromatic heterocycles. The minimum absolute atomic E-state index is 0.301. The molecule has 47 heavy (non-hydrogen) atoms. The summed E-state index contributed by atoms with van der Waals surface area (Å²) in [5.41, 5.74) is 8.16. The van der Waals surface area contributed by atoms with E-state index < -0.39 is 5.41 Å². The highest BCUT2D eigenvalue weighted by molar-refractivity contribution is 6.18. The lowest BCUT2D eigenvalue weighted by atomic mass is 9.65. The van der Waals surface area contributed by atoms with Crippen molar-refractivity contribution in [2.24, 2.45) is 0 Å². The number of aromatic hydroxyl groups is 2. The third-order valence-electron chi connectivity index (χ3n) is 10.9. The van der Waals surface area contributed by atoms with Crippen LogP contribution >= 0.6 is 0 Å². The molecule has 3 nitrogen and oxygen atoms in total. The second kappa shape index (κ2) is 9.14. The predicted molar refractivity (Wildman–Crippen MR) is 191 cm³/mol. The highest BCUT2D eigenvalue weighted by atomic mass is 16.5. The van der Waals surface area contributed by atoms with Gasteiger partial charge in [-0.2, -0.15) is 0 Å². The van der Waals surface area contributed by atoms with Gasteiger partial charge in [0.1, 0.15) is 23.0 Å². The smallest absolute Gasteiger partial charge is 0.140 e. The lowest BCUT2D eigenvalue weighted by Crippen LogP contribution is -2.32. The lowest BCUT2D eigenvalue weighted by Gasteiger charge is -2.40. The molecule has 10 rings (SSSR count). The molecule has 8 aromatic rings. The molecule has 3 heteroatoms. The van der Waals surface area contributed by atoms with E-state index in [1.165, 1.54) is 22.3 Å². The van der Waals surface area contributed by atoms with Crippen molar-refractivity contribution in [2.75, 3.05) is 0 Å². The second-order valence-corrected chi connectivity index (χ2v) is 12.9. The van der Waals surface area contributed by atoms with E-state index in [-0.39, 0.29) is 0 Å². The molecule has 1 aliphatic carbocycles. The highest BCUT2D eigenvalue weighted by Crippen LogP contribution is 2.65. The molecular weight excluding hydrogens is 576 g/mol. The van der Waals surface area contributed by atoms with Crippen LogP contribution in [0.4, 0.5) is 0 Å². The Kier molecular flexibility index (Phi) is 5.14. The maximum absolute atomic E-state index is 11.5. The molecule has 0 atom stereocenters. The van der Waals surface area contributed by atoms with Gasteiger partial charge in [-0.15, -0.1) is 0 Å². The number of aryl methyl sites for hydroxylation is 2. The Morgan fingerprint density at radius 2 is 0.957 bits per heavy atom. The normalized spacial score (nSPS) is 13.9. The standard InChI is InChI=1S/C44H30O3/c1-3-25-31-21-23-37-43(39(31)30-15-5-7-17-33(30)41(25)46)47-42-36(22-20-26-24(2)40(45)32-16-6-4-14-29(32)38(26)42)44(37)34-18-10-8-12-27(34)28-13-9-11-19-35(28)44/h4-23,45-46H,3H2,1-2H3. The summed E-state index contributed by atoms with van der Waals surface area (Å²) >= 11 is 0. The number of benzene rings is 8. The molecule has 0 unspecified atom stereocenters. The summed E-state index contributed by atoms with van der Waals surface area (Å²) in [7, 11) is 0. The average molecular weight is 607 g/mol. The molecule has 2 N–H and O–H groups in total. The Hall–Kier alpha value is -5.80. The van der Waals surface area contributed by atoms with E-state index in [1.807, 2.05) is 43.3 Å². The van der Waals surface area contributed by atoms with Gasteiger partial charge in [0.15, 0.2) is 0 Å². The molecule has 1 aliphatic heterocycles. The molecule has 0 bridgehead atoms. The van der Waals surface area contributed by atoms with Crippen LogP contribution in [0.5, 0.6) is 23.0 Å². The quantitative estimate of drug-likeness (QED) is 0.183. The number of phenolic OH excluding ortho intramolecular Hbond substituents is 2. The Bertz CT molecular complexity index is 2640. The number of ether oxygens (including phenoxy) is 1. The third-order valence-corrected chi connectivity index (χ3v) is 10.9. The number of hydrogen-bond acceptors (Lipinski definition) is 3. The van der Waals surface area contributed by atoms with Crippen molar-refractivity contribution in [2.45, 2.75) is 25.7 Å². The van der Waals surface area contributed by atoms with Crippen LogP contribution < -0.4 is 4.74 Å². The number of phenols is 2. The van der Waals surface area contributed by atoms with Gasteiger partial charge in [-0.1, -0.05) is 128 Å². The molecular formula is C44H30O3. The molecule has 0 saturated heterocycles. The number of fused-ring (bicyclic) bond motifs is 17. The highest BCUT2D eigenvalue weighted by Gasteiger charge is 2.52. The summed E-state index contributed by atoms with van der Waals surface area (Å²) in [6, 6.07) is 42.6. The van der Waals surface area contributed by atoms with Crippen LogP contribution in [0.3, 0.4) is 0 Å². The Morgan fingerprint density at radius 1 is 0.489 bits per heavy atom. The van der Waals surface area contributed by atoms with Crippen LogP contribution in [0.15, 0.2) is 121 Å². The van der Waals surface area contributed by atoms with Gasteiger partial charge in [0.05, 0.1) is 5.41 Å². The molecule has 2 aliphatic rings. The third kappa shape index (κ3) is 3.07. The van der Waals surface area contributed by atoms with Crippen molar-refractivity contribution >= 4 is 43.1 Å². The summed E-state index contributed by atoms with van der Waals surface area (Å²) in [5.74, 6) is 2.26. The summed E-state index contributed by atoms with van der Waals surface area (Å²) in [4.78, 5) is 0. The van der Waals surface area contributed by atoms with E-state index in [0.717, 1.165) is 76.8 Å². The second-order valence-electron chi connectivity index (χ2n) is 12.9. The minimum Gasteiger partial charge on any atom is -0.507 e. The zero-order valence-electron chi connectivity index (χ0n) is 26.1. The van der Waals surface area contributed by atoms with E-state index >= 15 is 0 Å². The minimum atomic E-state index is -0.656. The predicted octanol–water partition coefficient (Wildman–Crippen LogP) is 11.1. The van der Waals surface area contributed by atoms with Crippen molar-refractivity contribution in [1.29, 1.82) is 0 Å². The van der Waals surface area contributed by atoms with Gasteiger partial charge in [-0.25, -0.2) is 0 Å². The van der Waals surface area contributed by atoms with E-state index in [9.17, 15) is 10.2 Å². The van der Waals surface area contributed by atoms with Gasteiger partial charge in [0, 0.05) is 38.2 Å². The summed E-state index contributed by atoms with van der Waals surface area (Å²) in [6.07, 6.45) is 0.686. The fourth-order valence-corrected chi connectivity index (χ4v) is 8.92. The van der Waals surface area contributed by atoms with Crippen LogP contribution in [-0.4, -0.2) is 10.2 Å². The van der Waals surface area contributed by atoms with Crippen LogP contribution in [0.2, 0.25) is 0 Å². The topological polar surface area (TPSA) is 49.7 Å². The van der Waals surface area contributed by atoms with Crippen molar-refractivity contribution in [3.8, 4) is 34.1 Å². The van der Waals surface area contributed by atoms with Gasteiger partial charge >= 0.3 is 0 Å². The molecule has 0 radical (unpaired) electrons. The zero-order chi connectivity index (χ0) is 31.6. The van der Waals surface area contributed by atoms with E-state index in [1.54, 1.807) is 0 Å². The Balaban J connectivity index is 1.49. The summed E-state index contributed by atoms with van der Waals surface area (Å²) in [6.45, 7) is 4.08. The molecule has 8 aromatic carbocycles. The van der Waals surface area contributed by atoms with Gasteiger partial charge in [0.25, 0.3) is 0 Å². The summed E-state index contributed by atoms with van der Waals surface area (Å²) < 4.78 is 7.41. The summed E-state index contributed by atoms with van der Waals surface area (Å²) in [5, 5.41) is 30.4. The van der Waals surface area contributed by atoms with Gasteiger partial charge < -0.3 is 14.9 Å². The van der Waals surface area contributed by atoms with Crippen molar-refractivity contribution in [1.82, 2.24) is 0 Å². The average Bonchev–Trinajstić information content (AvgIpc) is 3.41. The van der Waals surface area contributed by atoms with Gasteiger partial charge in [-0.3, -0.25) is 0 Å². The van der Waals surface area contributed by atoms with Gasteiger partial charge in [0.2, 0.25) is 0 Å².